The molecular weight excluding hydrogens is 190 g/mol. The second-order valence-electron chi connectivity index (χ2n) is 3.96. The van der Waals surface area contributed by atoms with Crippen molar-refractivity contribution in [2.75, 3.05) is 20.8 Å². The number of benzene rings is 1. The third-order valence-corrected chi connectivity index (χ3v) is 2.73. The Morgan fingerprint density at radius 1 is 1.40 bits per heavy atom. The molecule has 0 aliphatic heterocycles. The Hall–Kier alpha value is -1.06. The lowest BCUT2D eigenvalue weighted by Gasteiger charge is -2.27. The SMILES string of the molecule is CNC(C)(CO)Cc1ccccc1OC. The number of ether oxygens (including phenoxy) is 1. The van der Waals surface area contributed by atoms with Crippen LogP contribution in [-0.2, 0) is 6.42 Å². The van der Waals surface area contributed by atoms with Gasteiger partial charge in [-0.15, -0.1) is 0 Å². The van der Waals surface area contributed by atoms with E-state index in [1.165, 1.54) is 0 Å². The lowest BCUT2D eigenvalue weighted by atomic mass is 9.93. The van der Waals surface area contributed by atoms with Crippen molar-refractivity contribution in [1.82, 2.24) is 5.32 Å². The molecule has 0 saturated heterocycles. The molecule has 1 aromatic rings. The number of aliphatic hydroxyl groups excluding tert-OH is 1. The monoisotopic (exact) mass is 209 g/mol. The molecule has 0 fully saturated rings. The molecule has 1 rings (SSSR count). The summed E-state index contributed by atoms with van der Waals surface area (Å²) in [6, 6.07) is 7.87. The average Bonchev–Trinajstić information content (AvgIpc) is 2.29. The molecule has 84 valence electrons. The maximum atomic E-state index is 9.31. The second kappa shape index (κ2) is 5.14. The summed E-state index contributed by atoms with van der Waals surface area (Å²) < 4.78 is 5.27. The Kier molecular flexibility index (Phi) is 4.12. The van der Waals surface area contributed by atoms with Gasteiger partial charge in [-0.3, -0.25) is 0 Å². The molecule has 0 saturated carbocycles. The van der Waals surface area contributed by atoms with Gasteiger partial charge in [0, 0.05) is 5.54 Å². The molecule has 0 aliphatic rings. The Bertz CT molecular complexity index is 308. The highest BCUT2D eigenvalue weighted by atomic mass is 16.5. The predicted octanol–water partition coefficient (Wildman–Crippen LogP) is 1.21. The van der Waals surface area contributed by atoms with E-state index in [-0.39, 0.29) is 12.1 Å². The van der Waals surface area contributed by atoms with E-state index in [9.17, 15) is 5.11 Å². The number of hydrogen-bond acceptors (Lipinski definition) is 3. The van der Waals surface area contributed by atoms with Crippen LogP contribution in [0.25, 0.3) is 0 Å². The highest BCUT2D eigenvalue weighted by molar-refractivity contribution is 5.34. The van der Waals surface area contributed by atoms with E-state index in [4.69, 9.17) is 4.74 Å². The van der Waals surface area contributed by atoms with Gasteiger partial charge in [0.1, 0.15) is 5.75 Å². The fourth-order valence-corrected chi connectivity index (χ4v) is 1.49. The summed E-state index contributed by atoms with van der Waals surface area (Å²) in [5.41, 5.74) is 0.806. The minimum absolute atomic E-state index is 0.0988. The summed E-state index contributed by atoms with van der Waals surface area (Å²) in [5.74, 6) is 0.868. The van der Waals surface area contributed by atoms with Crippen molar-refractivity contribution >= 4 is 0 Å². The topological polar surface area (TPSA) is 41.5 Å². The number of nitrogens with one attached hydrogen (secondary N) is 1. The number of para-hydroxylation sites is 1. The van der Waals surface area contributed by atoms with Crippen molar-refractivity contribution in [1.29, 1.82) is 0 Å². The summed E-state index contributed by atoms with van der Waals surface area (Å²) in [5, 5.41) is 12.4. The molecule has 0 spiro atoms. The van der Waals surface area contributed by atoms with Gasteiger partial charge in [0.15, 0.2) is 0 Å². The first-order valence-electron chi connectivity index (χ1n) is 5.07. The van der Waals surface area contributed by atoms with Crippen molar-refractivity contribution in [2.45, 2.75) is 18.9 Å². The summed E-state index contributed by atoms with van der Waals surface area (Å²) in [6.07, 6.45) is 0.740. The quantitative estimate of drug-likeness (QED) is 0.766. The molecule has 0 aromatic heterocycles. The molecular formula is C12H19NO2. The highest BCUT2D eigenvalue weighted by Crippen LogP contribution is 2.22. The molecule has 15 heavy (non-hydrogen) atoms. The highest BCUT2D eigenvalue weighted by Gasteiger charge is 2.22. The van der Waals surface area contributed by atoms with Gasteiger partial charge >= 0.3 is 0 Å². The van der Waals surface area contributed by atoms with Gasteiger partial charge in [-0.25, -0.2) is 0 Å². The average molecular weight is 209 g/mol. The van der Waals surface area contributed by atoms with E-state index >= 15 is 0 Å². The molecule has 0 bridgehead atoms. The van der Waals surface area contributed by atoms with Crippen molar-refractivity contribution in [3.05, 3.63) is 29.8 Å². The molecule has 1 aromatic carbocycles. The molecule has 0 amide bonds. The van der Waals surface area contributed by atoms with Gasteiger partial charge in [-0.1, -0.05) is 18.2 Å². The predicted molar refractivity (Wildman–Crippen MR) is 61.2 cm³/mol. The standard InChI is InChI=1S/C12H19NO2/c1-12(9-14,13-2)8-10-6-4-5-7-11(10)15-3/h4-7,13-14H,8-9H2,1-3H3. The van der Waals surface area contributed by atoms with Crippen LogP contribution in [0.2, 0.25) is 0 Å². The van der Waals surface area contributed by atoms with Crippen LogP contribution in [0.1, 0.15) is 12.5 Å². The smallest absolute Gasteiger partial charge is 0.122 e. The first kappa shape index (κ1) is 12.0. The summed E-state index contributed by atoms with van der Waals surface area (Å²) in [6.45, 7) is 2.08. The number of methoxy groups -OCH3 is 1. The maximum Gasteiger partial charge on any atom is 0.122 e. The Morgan fingerprint density at radius 3 is 2.60 bits per heavy atom. The maximum absolute atomic E-state index is 9.31. The third-order valence-electron chi connectivity index (χ3n) is 2.73. The number of hydrogen-bond donors (Lipinski definition) is 2. The molecule has 3 nitrogen and oxygen atoms in total. The van der Waals surface area contributed by atoms with Crippen LogP contribution in [0.3, 0.4) is 0 Å². The second-order valence-corrected chi connectivity index (χ2v) is 3.96. The van der Waals surface area contributed by atoms with Gasteiger partial charge in [0.05, 0.1) is 13.7 Å². The first-order chi connectivity index (χ1) is 7.15. The van der Waals surface area contributed by atoms with Gasteiger partial charge in [-0.2, -0.15) is 0 Å². The van der Waals surface area contributed by atoms with Gasteiger partial charge < -0.3 is 15.2 Å². The van der Waals surface area contributed by atoms with E-state index < -0.39 is 0 Å². The summed E-state index contributed by atoms with van der Waals surface area (Å²) in [7, 11) is 3.51. The van der Waals surface area contributed by atoms with E-state index in [2.05, 4.69) is 5.32 Å². The zero-order valence-electron chi connectivity index (χ0n) is 9.58. The largest absolute Gasteiger partial charge is 0.496 e. The van der Waals surface area contributed by atoms with Crippen molar-refractivity contribution in [3.8, 4) is 5.75 Å². The zero-order valence-corrected chi connectivity index (χ0v) is 9.58. The van der Waals surface area contributed by atoms with Crippen LogP contribution in [0.5, 0.6) is 5.75 Å². The number of aliphatic hydroxyl groups is 1. The fourth-order valence-electron chi connectivity index (χ4n) is 1.49. The molecule has 0 aliphatic carbocycles. The third kappa shape index (κ3) is 2.94. The lowest BCUT2D eigenvalue weighted by Crippen LogP contribution is -2.45. The van der Waals surface area contributed by atoms with E-state index in [1.807, 2.05) is 38.2 Å². The summed E-state index contributed by atoms with van der Waals surface area (Å²) in [4.78, 5) is 0. The molecule has 1 unspecified atom stereocenters. The van der Waals surface area contributed by atoms with Crippen molar-refractivity contribution < 1.29 is 9.84 Å². The van der Waals surface area contributed by atoms with Crippen LogP contribution in [0.4, 0.5) is 0 Å². The molecule has 2 N–H and O–H groups in total. The molecule has 0 heterocycles. The van der Waals surface area contributed by atoms with E-state index in [0.29, 0.717) is 0 Å². The van der Waals surface area contributed by atoms with Crippen LogP contribution >= 0.6 is 0 Å². The lowest BCUT2D eigenvalue weighted by molar-refractivity contribution is 0.181. The van der Waals surface area contributed by atoms with Crippen molar-refractivity contribution in [2.24, 2.45) is 0 Å². The number of likely N-dealkylation sites (N-methyl/N-ethyl adjacent to an activating group) is 1. The van der Waals surface area contributed by atoms with Gasteiger partial charge in [-0.05, 0) is 32.0 Å². The molecule has 3 heteroatoms. The van der Waals surface area contributed by atoms with Crippen LogP contribution in [-0.4, -0.2) is 31.4 Å². The Morgan fingerprint density at radius 2 is 2.07 bits per heavy atom. The fraction of sp³-hybridized carbons (Fsp3) is 0.500. The van der Waals surface area contributed by atoms with Gasteiger partial charge in [0.2, 0.25) is 0 Å². The minimum Gasteiger partial charge on any atom is -0.496 e. The van der Waals surface area contributed by atoms with Crippen LogP contribution in [0, 0.1) is 0 Å². The first-order valence-corrected chi connectivity index (χ1v) is 5.07. The van der Waals surface area contributed by atoms with Crippen molar-refractivity contribution in [3.63, 3.8) is 0 Å². The zero-order chi connectivity index (χ0) is 11.3. The van der Waals surface area contributed by atoms with Gasteiger partial charge in [0.25, 0.3) is 0 Å². The number of rotatable bonds is 5. The van der Waals surface area contributed by atoms with E-state index in [1.54, 1.807) is 7.11 Å². The molecule has 0 radical (unpaired) electrons. The van der Waals surface area contributed by atoms with Crippen LogP contribution in [0.15, 0.2) is 24.3 Å². The molecule has 1 atom stereocenters. The summed E-state index contributed by atoms with van der Waals surface area (Å²) >= 11 is 0. The normalized spacial score (nSPS) is 14.7. The Labute approximate surface area is 91.1 Å². The Balaban J connectivity index is 2.87. The van der Waals surface area contributed by atoms with Crippen LogP contribution < -0.4 is 10.1 Å². The minimum atomic E-state index is -0.297. The van der Waals surface area contributed by atoms with E-state index in [0.717, 1.165) is 17.7 Å².